The number of aliphatic carboxylic acids is 1. The molecule has 0 unspecified atom stereocenters. The minimum absolute atomic E-state index is 0.269. The highest BCUT2D eigenvalue weighted by Gasteiger charge is 2.20. The lowest BCUT2D eigenvalue weighted by atomic mass is 10.2. The van der Waals surface area contributed by atoms with Crippen molar-refractivity contribution in [3.05, 3.63) is 0 Å². The van der Waals surface area contributed by atoms with Crippen LogP contribution < -0.4 is 5.32 Å². The predicted molar refractivity (Wildman–Crippen MR) is 48.8 cm³/mol. The van der Waals surface area contributed by atoms with Gasteiger partial charge in [-0.2, -0.15) is 0 Å². The molecule has 1 heterocycles. The molecule has 0 amide bonds. The van der Waals surface area contributed by atoms with Crippen LogP contribution in [0.1, 0.15) is 12.8 Å². The van der Waals surface area contributed by atoms with E-state index in [0.29, 0.717) is 0 Å². The molecule has 0 bridgehead atoms. The zero-order valence-corrected chi connectivity index (χ0v) is 7.89. The van der Waals surface area contributed by atoms with Crippen LogP contribution in [0.3, 0.4) is 0 Å². The zero-order valence-electron chi connectivity index (χ0n) is 7.89. The zero-order chi connectivity index (χ0) is 11.0. The van der Waals surface area contributed by atoms with Crippen LogP contribution in [0, 0.1) is 0 Å². The largest absolute Gasteiger partial charge is 0.480 e. The summed E-state index contributed by atoms with van der Waals surface area (Å²) in [5.74, 6) is -0.720. The van der Waals surface area contributed by atoms with Gasteiger partial charge in [-0.05, 0) is 19.4 Å². The third-order valence-corrected chi connectivity index (χ3v) is 1.78. The summed E-state index contributed by atoms with van der Waals surface area (Å²) in [7, 11) is 0. The maximum absolute atomic E-state index is 10.1. The molecule has 1 rings (SSSR count). The molecule has 0 spiro atoms. The summed E-state index contributed by atoms with van der Waals surface area (Å²) in [5, 5.41) is 35.2. The summed E-state index contributed by atoms with van der Waals surface area (Å²) in [6, 6.07) is -0.269. The molecule has 1 aliphatic heterocycles. The number of hydrogen-bond donors (Lipinski definition) is 5. The van der Waals surface area contributed by atoms with Crippen LogP contribution in [-0.2, 0) is 4.79 Å². The van der Waals surface area contributed by atoms with Gasteiger partial charge in [-0.1, -0.05) is 0 Å². The van der Waals surface area contributed by atoms with Crippen LogP contribution in [-0.4, -0.2) is 58.3 Å². The number of nitrogens with one attached hydrogen (secondary N) is 1. The molecule has 6 heteroatoms. The highest BCUT2D eigenvalue weighted by atomic mass is 16.4. The standard InChI is InChI=1S/C5H9NO2.C3H8O3/c7-5(8)4-2-1-3-6-4;4-1-3(6)2-5/h4,6H,1-3H2,(H,7,8);3-6H,1-2H2/t4-;/m0./s1. The minimum atomic E-state index is -0.954. The number of hydrogen-bond acceptors (Lipinski definition) is 5. The van der Waals surface area contributed by atoms with Crippen LogP contribution >= 0.6 is 0 Å². The smallest absolute Gasteiger partial charge is 0.320 e. The molecule has 14 heavy (non-hydrogen) atoms. The van der Waals surface area contributed by atoms with E-state index in [1.807, 2.05) is 0 Å². The van der Waals surface area contributed by atoms with Crippen molar-refractivity contribution in [2.75, 3.05) is 19.8 Å². The average Bonchev–Trinajstić information content (AvgIpc) is 2.70. The van der Waals surface area contributed by atoms with Gasteiger partial charge in [0, 0.05) is 0 Å². The van der Waals surface area contributed by atoms with Crippen LogP contribution in [0.25, 0.3) is 0 Å². The van der Waals surface area contributed by atoms with E-state index in [4.69, 9.17) is 20.4 Å². The van der Waals surface area contributed by atoms with E-state index in [-0.39, 0.29) is 19.3 Å². The Labute approximate surface area is 82.2 Å². The van der Waals surface area contributed by atoms with Crippen molar-refractivity contribution in [3.63, 3.8) is 0 Å². The number of aliphatic hydroxyl groups excluding tert-OH is 3. The lowest BCUT2D eigenvalue weighted by Crippen LogP contribution is -2.29. The highest BCUT2D eigenvalue weighted by molar-refractivity contribution is 5.73. The average molecular weight is 207 g/mol. The Morgan fingerprint density at radius 3 is 2.14 bits per heavy atom. The molecule has 84 valence electrons. The van der Waals surface area contributed by atoms with E-state index in [1.54, 1.807) is 0 Å². The van der Waals surface area contributed by atoms with Gasteiger partial charge in [0.1, 0.15) is 12.1 Å². The summed E-state index contributed by atoms with van der Waals surface area (Å²) in [5.41, 5.74) is 0. The summed E-state index contributed by atoms with van der Waals surface area (Å²) in [4.78, 5) is 10.1. The molecule has 1 fully saturated rings. The Balaban J connectivity index is 0.000000255. The lowest BCUT2D eigenvalue weighted by Gasteiger charge is -1.99. The summed E-state index contributed by atoms with van der Waals surface area (Å²) in [6.45, 7) is 0.129. The Morgan fingerprint density at radius 2 is 2.00 bits per heavy atom. The van der Waals surface area contributed by atoms with Gasteiger partial charge in [0.25, 0.3) is 0 Å². The molecule has 1 atom stereocenters. The van der Waals surface area contributed by atoms with Crippen LogP contribution in [0.2, 0.25) is 0 Å². The first-order valence-electron chi connectivity index (χ1n) is 4.47. The normalized spacial score (nSPS) is 20.4. The Morgan fingerprint density at radius 1 is 1.43 bits per heavy atom. The van der Waals surface area contributed by atoms with Crippen molar-refractivity contribution >= 4 is 5.97 Å². The fourth-order valence-electron chi connectivity index (χ4n) is 0.953. The third-order valence-electron chi connectivity index (χ3n) is 1.78. The quantitative estimate of drug-likeness (QED) is 0.372. The molecule has 0 saturated carbocycles. The van der Waals surface area contributed by atoms with Crippen molar-refractivity contribution in [1.82, 2.24) is 5.32 Å². The second kappa shape index (κ2) is 7.69. The number of carboxylic acids is 1. The molecule has 0 aliphatic carbocycles. The van der Waals surface area contributed by atoms with E-state index in [0.717, 1.165) is 19.4 Å². The third kappa shape index (κ3) is 5.87. The minimum Gasteiger partial charge on any atom is -0.480 e. The second-order valence-corrected chi connectivity index (χ2v) is 3.01. The molecule has 1 saturated heterocycles. The molecule has 6 nitrogen and oxygen atoms in total. The fraction of sp³-hybridized carbons (Fsp3) is 0.875. The van der Waals surface area contributed by atoms with Crippen molar-refractivity contribution in [2.45, 2.75) is 25.0 Å². The monoisotopic (exact) mass is 207 g/mol. The molecule has 1 aliphatic rings. The van der Waals surface area contributed by atoms with Gasteiger partial charge in [0.05, 0.1) is 13.2 Å². The number of carboxylic acid groups (broad SMARTS) is 1. The molecule has 5 N–H and O–H groups in total. The Kier molecular flexibility index (Phi) is 7.31. The number of aliphatic hydroxyl groups is 3. The lowest BCUT2D eigenvalue weighted by molar-refractivity contribution is -0.139. The van der Waals surface area contributed by atoms with E-state index >= 15 is 0 Å². The van der Waals surface area contributed by atoms with Crippen molar-refractivity contribution < 1.29 is 25.2 Å². The Bertz CT molecular complexity index is 154. The van der Waals surface area contributed by atoms with Gasteiger partial charge in [-0.15, -0.1) is 0 Å². The molecular formula is C8H17NO5. The van der Waals surface area contributed by atoms with E-state index in [1.165, 1.54) is 0 Å². The van der Waals surface area contributed by atoms with Gasteiger partial charge in [0.2, 0.25) is 0 Å². The molecule has 0 aromatic carbocycles. The maximum Gasteiger partial charge on any atom is 0.320 e. The van der Waals surface area contributed by atoms with Crippen LogP contribution in [0.4, 0.5) is 0 Å². The first kappa shape index (κ1) is 13.3. The van der Waals surface area contributed by atoms with Crippen molar-refractivity contribution in [3.8, 4) is 0 Å². The fourth-order valence-corrected chi connectivity index (χ4v) is 0.953. The summed E-state index contributed by atoms with van der Waals surface area (Å²) >= 11 is 0. The molecule has 0 aromatic rings. The Hall–Kier alpha value is -0.690. The number of rotatable bonds is 3. The molecule has 0 aromatic heterocycles. The first-order valence-corrected chi connectivity index (χ1v) is 4.47. The summed E-state index contributed by atoms with van der Waals surface area (Å²) in [6.07, 6.45) is 0.830. The van der Waals surface area contributed by atoms with Crippen LogP contribution in [0.15, 0.2) is 0 Å². The van der Waals surface area contributed by atoms with Crippen LogP contribution in [0.5, 0.6) is 0 Å². The molecular weight excluding hydrogens is 190 g/mol. The topological polar surface area (TPSA) is 110 Å². The van der Waals surface area contributed by atoms with Crippen molar-refractivity contribution in [1.29, 1.82) is 0 Å². The predicted octanol–water partition coefficient (Wildman–Crippen LogP) is -1.85. The highest BCUT2D eigenvalue weighted by Crippen LogP contribution is 2.03. The van der Waals surface area contributed by atoms with Gasteiger partial charge >= 0.3 is 5.97 Å². The van der Waals surface area contributed by atoms with E-state index in [2.05, 4.69) is 5.32 Å². The first-order chi connectivity index (χ1) is 6.61. The van der Waals surface area contributed by atoms with Gasteiger partial charge in [0.15, 0.2) is 0 Å². The molecule has 0 radical (unpaired) electrons. The van der Waals surface area contributed by atoms with Crippen molar-refractivity contribution in [2.24, 2.45) is 0 Å². The SMILES string of the molecule is O=C(O)[C@@H]1CCCN1.OCC(O)CO. The number of carbonyl (C=O) groups is 1. The van der Waals surface area contributed by atoms with Gasteiger partial charge in [-0.25, -0.2) is 0 Å². The van der Waals surface area contributed by atoms with E-state index in [9.17, 15) is 4.79 Å². The van der Waals surface area contributed by atoms with E-state index < -0.39 is 12.1 Å². The maximum atomic E-state index is 10.1. The second-order valence-electron chi connectivity index (χ2n) is 3.01. The van der Waals surface area contributed by atoms with Gasteiger partial charge in [-0.3, -0.25) is 4.79 Å². The van der Waals surface area contributed by atoms with Gasteiger partial charge < -0.3 is 25.7 Å². The summed E-state index contributed by atoms with van der Waals surface area (Å²) < 4.78 is 0.